The minimum Gasteiger partial charge on any atom is -0.444 e. The van der Waals surface area contributed by atoms with Crippen LogP contribution in [0.3, 0.4) is 0 Å². The lowest BCUT2D eigenvalue weighted by Gasteiger charge is -2.30. The largest absolute Gasteiger partial charge is 0.444 e. The van der Waals surface area contributed by atoms with Crippen LogP contribution in [0.4, 0.5) is 9.59 Å². The summed E-state index contributed by atoms with van der Waals surface area (Å²) in [5, 5.41) is 2.17. The van der Waals surface area contributed by atoms with E-state index in [4.69, 9.17) is 14.5 Å². The Balaban J connectivity index is 1.10. The molecule has 2 amide bonds. The number of carbonyl (C=O) groups is 2. The third-order valence-corrected chi connectivity index (χ3v) is 12.2. The molecule has 2 N–H and O–H groups in total. The summed E-state index contributed by atoms with van der Waals surface area (Å²) in [6.45, 7) is 16.7. The number of fused-ring (bicyclic) bond motifs is 3. The number of amides is 2. The SMILES string of the molecule is CC(C)(C)OC(=O)N1CCC[C@H]1c1ncc(-c2ccc(-c3ccc4c(ccc5[nH]c([C@@H]6C[Si-](C)(C)CN6C(=O)OC(C)(C)C)nc54)c3)cc2)[nH]1. The van der Waals surface area contributed by atoms with E-state index in [1.54, 1.807) is 4.90 Å². The first-order chi connectivity index (χ1) is 23.5. The van der Waals surface area contributed by atoms with Gasteiger partial charge in [0, 0.05) is 11.9 Å². The molecule has 3 aromatic carbocycles. The van der Waals surface area contributed by atoms with Gasteiger partial charge in [0.05, 0.1) is 35.0 Å². The Morgan fingerprint density at radius 2 is 1.46 bits per heavy atom. The van der Waals surface area contributed by atoms with E-state index >= 15 is 0 Å². The Morgan fingerprint density at radius 3 is 2.16 bits per heavy atom. The van der Waals surface area contributed by atoms with Crippen molar-refractivity contribution in [2.45, 2.75) is 96.8 Å². The molecule has 5 aromatic rings. The summed E-state index contributed by atoms with van der Waals surface area (Å²) in [6, 6.07) is 19.9. The fourth-order valence-corrected chi connectivity index (χ4v) is 10.1. The van der Waals surface area contributed by atoms with E-state index in [1.807, 2.05) is 52.6 Å². The maximum Gasteiger partial charge on any atom is 0.410 e. The normalized spacial score (nSPS) is 19.4. The van der Waals surface area contributed by atoms with Crippen molar-refractivity contribution in [2.24, 2.45) is 0 Å². The number of likely N-dealkylation sites (tertiary alicyclic amines) is 1. The lowest BCUT2D eigenvalue weighted by molar-refractivity contribution is 0.0212. The molecule has 0 unspecified atom stereocenters. The minimum atomic E-state index is -1.64. The number of imidazole rings is 2. The molecule has 0 bridgehead atoms. The van der Waals surface area contributed by atoms with Gasteiger partial charge in [0.15, 0.2) is 0 Å². The predicted octanol–water partition coefficient (Wildman–Crippen LogP) is 9.38. The number of carbonyl (C=O) groups excluding carboxylic acids is 2. The molecule has 2 aromatic heterocycles. The van der Waals surface area contributed by atoms with Crippen LogP contribution in [0, 0.1) is 0 Å². The van der Waals surface area contributed by atoms with Crippen molar-refractivity contribution in [1.82, 2.24) is 29.7 Å². The third-order valence-electron chi connectivity index (χ3n) is 9.47. The topological polar surface area (TPSA) is 116 Å². The number of ether oxygens (including phenoxy) is 2. The van der Waals surface area contributed by atoms with E-state index in [0.29, 0.717) is 6.54 Å². The second-order valence-electron chi connectivity index (χ2n) is 16.6. The smallest absolute Gasteiger partial charge is 0.410 e. The van der Waals surface area contributed by atoms with E-state index in [0.717, 1.165) is 80.9 Å². The Hall–Kier alpha value is -4.64. The van der Waals surface area contributed by atoms with Gasteiger partial charge in [-0.2, -0.15) is 13.1 Å². The summed E-state index contributed by atoms with van der Waals surface area (Å²) in [7, 11) is -1.64. The number of rotatable bonds is 4. The summed E-state index contributed by atoms with van der Waals surface area (Å²) in [4.78, 5) is 46.5. The number of hydrogen-bond acceptors (Lipinski definition) is 6. The number of nitrogens with one attached hydrogen (secondary N) is 2. The van der Waals surface area contributed by atoms with Crippen molar-refractivity contribution in [3.8, 4) is 22.4 Å². The van der Waals surface area contributed by atoms with Gasteiger partial charge in [-0.3, -0.25) is 4.90 Å². The maximum atomic E-state index is 13.2. The first-order valence-corrected chi connectivity index (χ1v) is 21.0. The maximum absolute atomic E-state index is 13.2. The van der Waals surface area contributed by atoms with Crippen molar-refractivity contribution in [2.75, 3.05) is 12.7 Å². The van der Waals surface area contributed by atoms with Crippen molar-refractivity contribution < 1.29 is 19.1 Å². The highest BCUT2D eigenvalue weighted by molar-refractivity contribution is 6.78. The number of nitrogens with zero attached hydrogens (tertiary/aromatic N) is 4. The van der Waals surface area contributed by atoms with Gasteiger partial charge in [-0.25, -0.2) is 19.6 Å². The molecule has 11 heteroatoms. The standard InChI is InChI=1S/C39H48N6O4Si/c1-38(2,3)48-36(46)44-19-9-10-31(44)34-40-21-30(42-34)25-13-11-24(12-14-25)26-15-17-28-27(20-26)16-18-29-33(28)43-35(41-29)32-22-50(7,8)23-45(32)37(47)49-39(4,5)6/h11-18,20-21,31-32H,9-10,19,22-23H2,1-8H3,(H,40,42)(H,41,43)/q-1/t31-,32-/m0/s1. The van der Waals surface area contributed by atoms with Gasteiger partial charge in [0.25, 0.3) is 0 Å². The molecule has 10 nitrogen and oxygen atoms in total. The highest BCUT2D eigenvalue weighted by Gasteiger charge is 2.39. The van der Waals surface area contributed by atoms with Crippen molar-refractivity contribution in [3.05, 3.63) is 72.4 Å². The number of aromatic amines is 2. The summed E-state index contributed by atoms with van der Waals surface area (Å²) in [5.41, 5.74) is 4.95. The van der Waals surface area contributed by atoms with Gasteiger partial charge in [-0.15, -0.1) is 14.1 Å². The summed E-state index contributed by atoms with van der Waals surface area (Å²) in [5.74, 6) is 1.61. The second-order valence-corrected chi connectivity index (χ2v) is 21.7. The number of H-pyrrole nitrogens is 2. The molecule has 50 heavy (non-hydrogen) atoms. The van der Waals surface area contributed by atoms with E-state index < -0.39 is 19.3 Å². The molecule has 2 aliphatic rings. The van der Waals surface area contributed by atoms with Crippen LogP contribution < -0.4 is 0 Å². The molecule has 0 saturated carbocycles. The Bertz CT molecular complexity index is 2070. The molecule has 2 fully saturated rings. The first-order valence-electron chi connectivity index (χ1n) is 17.6. The fourth-order valence-electron chi connectivity index (χ4n) is 7.27. The van der Waals surface area contributed by atoms with Crippen molar-refractivity contribution >= 4 is 42.1 Å². The van der Waals surface area contributed by atoms with Crippen LogP contribution in [-0.2, 0) is 9.47 Å². The Kier molecular flexibility index (Phi) is 8.32. The lowest BCUT2D eigenvalue weighted by Crippen LogP contribution is -2.39. The second kappa shape index (κ2) is 12.3. The molecule has 7 rings (SSSR count). The van der Waals surface area contributed by atoms with Gasteiger partial charge in [-0.1, -0.05) is 48.6 Å². The van der Waals surface area contributed by atoms with E-state index in [1.165, 1.54) is 0 Å². The van der Waals surface area contributed by atoms with Crippen LogP contribution in [0.25, 0.3) is 44.2 Å². The van der Waals surface area contributed by atoms with Gasteiger partial charge < -0.3 is 24.3 Å². The average Bonchev–Trinajstić information content (AvgIpc) is 3.84. The number of benzene rings is 3. The quantitative estimate of drug-likeness (QED) is 0.181. The molecule has 2 atom stereocenters. The zero-order chi connectivity index (χ0) is 35.6. The van der Waals surface area contributed by atoms with Crippen LogP contribution >= 0.6 is 0 Å². The van der Waals surface area contributed by atoms with Crippen LogP contribution in [0.1, 0.15) is 78.1 Å². The van der Waals surface area contributed by atoms with Gasteiger partial charge >= 0.3 is 12.2 Å². The predicted molar refractivity (Wildman–Crippen MR) is 200 cm³/mol. The van der Waals surface area contributed by atoms with E-state index in [9.17, 15) is 9.59 Å². The highest BCUT2D eigenvalue weighted by atomic mass is 28.3. The van der Waals surface area contributed by atoms with Crippen molar-refractivity contribution in [1.29, 1.82) is 0 Å². The Labute approximate surface area is 294 Å². The van der Waals surface area contributed by atoms with Crippen LogP contribution in [0.2, 0.25) is 19.1 Å². The zero-order valence-electron chi connectivity index (χ0n) is 30.4. The lowest BCUT2D eigenvalue weighted by atomic mass is 9.99. The van der Waals surface area contributed by atoms with Gasteiger partial charge in [0.1, 0.15) is 22.9 Å². The fraction of sp³-hybridized carbons (Fsp3) is 0.436. The average molecular weight is 693 g/mol. The molecule has 2 saturated heterocycles. The monoisotopic (exact) mass is 692 g/mol. The summed E-state index contributed by atoms with van der Waals surface area (Å²) < 4.78 is 11.4. The van der Waals surface area contributed by atoms with Gasteiger partial charge in [0.2, 0.25) is 0 Å². The minimum absolute atomic E-state index is 0.122. The highest BCUT2D eigenvalue weighted by Crippen LogP contribution is 2.39. The third kappa shape index (κ3) is 6.88. The van der Waals surface area contributed by atoms with Gasteiger partial charge in [-0.05, 0) is 88.6 Å². The summed E-state index contributed by atoms with van der Waals surface area (Å²) in [6.07, 6.45) is 3.80. The van der Waals surface area contributed by atoms with E-state index in [-0.39, 0.29) is 24.3 Å². The molecule has 0 spiro atoms. The molecule has 263 valence electrons. The molecular formula is C39H48N6O4Si-. The Morgan fingerprint density at radius 1 is 0.800 bits per heavy atom. The van der Waals surface area contributed by atoms with Crippen LogP contribution in [-0.4, -0.2) is 73.9 Å². The molecule has 4 heterocycles. The molecule has 0 radical (unpaired) electrons. The van der Waals surface area contributed by atoms with Crippen molar-refractivity contribution in [3.63, 3.8) is 0 Å². The first kappa shape index (κ1) is 33.8. The number of hydrogen-bond donors (Lipinski definition) is 2. The van der Waals surface area contributed by atoms with E-state index in [2.05, 4.69) is 82.6 Å². The molecule has 2 aliphatic heterocycles. The number of aromatic nitrogens is 4. The van der Waals surface area contributed by atoms with Crippen LogP contribution in [0.15, 0.2) is 60.8 Å². The summed E-state index contributed by atoms with van der Waals surface area (Å²) >= 11 is 0. The molecule has 0 aliphatic carbocycles. The zero-order valence-corrected chi connectivity index (χ0v) is 31.4. The van der Waals surface area contributed by atoms with Crippen LogP contribution in [0.5, 0.6) is 0 Å². The molecular weight excluding hydrogens is 645 g/mol.